The standard InChI is InChI=1S/C19H26N2/c1-14-7-9-17(10-8-14)11-12-18(21-20)13-19-15(2)5-4-6-16(19)3/h4-10,18,21H,11-13,20H2,1-3H3. The molecule has 0 fully saturated rings. The van der Waals surface area contributed by atoms with Crippen LogP contribution in [0.15, 0.2) is 42.5 Å². The van der Waals surface area contributed by atoms with E-state index in [1.807, 2.05) is 0 Å². The van der Waals surface area contributed by atoms with Crippen LogP contribution in [0.3, 0.4) is 0 Å². The number of rotatable bonds is 6. The molecule has 0 aromatic heterocycles. The van der Waals surface area contributed by atoms with Gasteiger partial charge in [-0.1, -0.05) is 48.0 Å². The van der Waals surface area contributed by atoms with Crippen LogP contribution >= 0.6 is 0 Å². The van der Waals surface area contributed by atoms with Gasteiger partial charge in [0.25, 0.3) is 0 Å². The fraction of sp³-hybridized carbons (Fsp3) is 0.368. The third-order valence-corrected chi connectivity index (χ3v) is 4.23. The minimum absolute atomic E-state index is 0.311. The fourth-order valence-electron chi connectivity index (χ4n) is 2.76. The highest BCUT2D eigenvalue weighted by Crippen LogP contribution is 2.17. The van der Waals surface area contributed by atoms with E-state index in [1.165, 1.54) is 27.8 Å². The summed E-state index contributed by atoms with van der Waals surface area (Å²) in [6.07, 6.45) is 3.09. The molecule has 0 aliphatic rings. The molecule has 2 aromatic carbocycles. The lowest BCUT2D eigenvalue weighted by atomic mass is 9.93. The molecule has 1 atom stereocenters. The van der Waals surface area contributed by atoms with Gasteiger partial charge in [-0.25, -0.2) is 0 Å². The molecule has 2 heteroatoms. The van der Waals surface area contributed by atoms with E-state index in [-0.39, 0.29) is 0 Å². The number of hydrogen-bond donors (Lipinski definition) is 2. The Kier molecular flexibility index (Phi) is 5.54. The van der Waals surface area contributed by atoms with E-state index in [0.717, 1.165) is 19.3 Å². The summed E-state index contributed by atoms with van der Waals surface area (Å²) in [5.74, 6) is 5.76. The van der Waals surface area contributed by atoms with Gasteiger partial charge in [0.1, 0.15) is 0 Å². The average Bonchev–Trinajstić information content (AvgIpc) is 2.48. The Hall–Kier alpha value is -1.64. The molecule has 1 unspecified atom stereocenters. The van der Waals surface area contributed by atoms with Crippen LogP contribution in [-0.2, 0) is 12.8 Å². The van der Waals surface area contributed by atoms with Gasteiger partial charge in [-0.3, -0.25) is 11.3 Å². The van der Waals surface area contributed by atoms with E-state index < -0.39 is 0 Å². The second-order valence-corrected chi connectivity index (χ2v) is 5.96. The third kappa shape index (κ3) is 4.42. The summed E-state index contributed by atoms with van der Waals surface area (Å²) >= 11 is 0. The lowest BCUT2D eigenvalue weighted by molar-refractivity contribution is 0.490. The summed E-state index contributed by atoms with van der Waals surface area (Å²) in [6.45, 7) is 6.47. The molecule has 0 aliphatic heterocycles. The van der Waals surface area contributed by atoms with Crippen LogP contribution < -0.4 is 11.3 Å². The summed E-state index contributed by atoms with van der Waals surface area (Å²) in [7, 11) is 0. The number of hydrazine groups is 1. The van der Waals surface area contributed by atoms with Crippen molar-refractivity contribution in [1.82, 2.24) is 5.43 Å². The largest absolute Gasteiger partial charge is 0.271 e. The molecule has 3 N–H and O–H groups in total. The fourth-order valence-corrected chi connectivity index (χ4v) is 2.76. The molecule has 21 heavy (non-hydrogen) atoms. The molecule has 2 nitrogen and oxygen atoms in total. The SMILES string of the molecule is Cc1ccc(CCC(Cc2c(C)cccc2C)NN)cc1. The Bertz CT molecular complexity index is 552. The van der Waals surface area contributed by atoms with Crippen molar-refractivity contribution in [2.75, 3.05) is 0 Å². The van der Waals surface area contributed by atoms with Gasteiger partial charge in [0, 0.05) is 6.04 Å². The Morgan fingerprint density at radius 1 is 0.952 bits per heavy atom. The molecule has 0 radical (unpaired) electrons. The Morgan fingerprint density at radius 3 is 2.14 bits per heavy atom. The lowest BCUT2D eigenvalue weighted by Crippen LogP contribution is -2.37. The highest BCUT2D eigenvalue weighted by Gasteiger charge is 2.11. The number of nitrogens with two attached hydrogens (primary N) is 1. The first-order valence-electron chi connectivity index (χ1n) is 7.67. The first kappa shape index (κ1) is 15.7. The van der Waals surface area contributed by atoms with E-state index >= 15 is 0 Å². The summed E-state index contributed by atoms with van der Waals surface area (Å²) in [5.41, 5.74) is 9.80. The predicted molar refractivity (Wildman–Crippen MR) is 90.2 cm³/mol. The molecule has 0 heterocycles. The highest BCUT2D eigenvalue weighted by molar-refractivity contribution is 5.34. The molecule has 0 saturated carbocycles. The van der Waals surface area contributed by atoms with Gasteiger partial charge < -0.3 is 0 Å². The number of hydrogen-bond acceptors (Lipinski definition) is 2. The maximum atomic E-state index is 5.76. The van der Waals surface area contributed by atoms with Gasteiger partial charge >= 0.3 is 0 Å². The number of nitrogens with one attached hydrogen (secondary N) is 1. The molecule has 2 rings (SSSR count). The van der Waals surface area contributed by atoms with Crippen molar-refractivity contribution < 1.29 is 0 Å². The predicted octanol–water partition coefficient (Wildman–Crippen LogP) is 3.62. The summed E-state index contributed by atoms with van der Waals surface area (Å²) in [5, 5.41) is 0. The van der Waals surface area contributed by atoms with Crippen molar-refractivity contribution in [1.29, 1.82) is 0 Å². The van der Waals surface area contributed by atoms with Crippen LogP contribution in [0.5, 0.6) is 0 Å². The summed E-state index contributed by atoms with van der Waals surface area (Å²) in [6, 6.07) is 15.5. The maximum absolute atomic E-state index is 5.76. The number of benzene rings is 2. The van der Waals surface area contributed by atoms with E-state index in [2.05, 4.69) is 68.7 Å². The summed E-state index contributed by atoms with van der Waals surface area (Å²) < 4.78 is 0. The van der Waals surface area contributed by atoms with Gasteiger partial charge in [-0.15, -0.1) is 0 Å². The number of aryl methyl sites for hydroxylation is 4. The molecule has 0 amide bonds. The highest BCUT2D eigenvalue weighted by atomic mass is 15.2. The van der Waals surface area contributed by atoms with Crippen LogP contribution in [0.25, 0.3) is 0 Å². The molecule has 112 valence electrons. The van der Waals surface area contributed by atoms with Crippen LogP contribution in [-0.4, -0.2) is 6.04 Å². The summed E-state index contributed by atoms with van der Waals surface area (Å²) in [4.78, 5) is 0. The van der Waals surface area contributed by atoms with Crippen molar-refractivity contribution in [3.05, 3.63) is 70.3 Å². The second-order valence-electron chi connectivity index (χ2n) is 5.96. The molecule has 0 bridgehead atoms. The Labute approximate surface area is 128 Å². The van der Waals surface area contributed by atoms with Gasteiger partial charge in [-0.05, 0) is 62.3 Å². The Balaban J connectivity index is 1.98. The minimum atomic E-state index is 0.311. The zero-order valence-electron chi connectivity index (χ0n) is 13.3. The maximum Gasteiger partial charge on any atom is 0.0254 e. The molecule has 0 spiro atoms. The minimum Gasteiger partial charge on any atom is -0.271 e. The third-order valence-electron chi connectivity index (χ3n) is 4.23. The quantitative estimate of drug-likeness (QED) is 0.627. The molecular weight excluding hydrogens is 256 g/mol. The van der Waals surface area contributed by atoms with Crippen LogP contribution in [0.4, 0.5) is 0 Å². The van der Waals surface area contributed by atoms with Crippen molar-refractivity contribution in [2.45, 2.75) is 46.1 Å². The van der Waals surface area contributed by atoms with Crippen molar-refractivity contribution in [3.8, 4) is 0 Å². The van der Waals surface area contributed by atoms with E-state index in [9.17, 15) is 0 Å². The lowest BCUT2D eigenvalue weighted by Gasteiger charge is -2.19. The molecule has 0 aliphatic carbocycles. The smallest absolute Gasteiger partial charge is 0.0254 e. The molecular formula is C19H26N2. The van der Waals surface area contributed by atoms with Crippen LogP contribution in [0.1, 0.15) is 34.2 Å². The van der Waals surface area contributed by atoms with Crippen LogP contribution in [0.2, 0.25) is 0 Å². The molecule has 0 saturated heterocycles. The zero-order chi connectivity index (χ0) is 15.2. The van der Waals surface area contributed by atoms with Gasteiger partial charge in [0.15, 0.2) is 0 Å². The van der Waals surface area contributed by atoms with Gasteiger partial charge in [-0.2, -0.15) is 0 Å². The van der Waals surface area contributed by atoms with Crippen molar-refractivity contribution >= 4 is 0 Å². The first-order chi connectivity index (χ1) is 10.1. The van der Waals surface area contributed by atoms with Crippen molar-refractivity contribution in [3.63, 3.8) is 0 Å². The zero-order valence-corrected chi connectivity index (χ0v) is 13.3. The van der Waals surface area contributed by atoms with Crippen LogP contribution in [0, 0.1) is 20.8 Å². The van der Waals surface area contributed by atoms with E-state index in [4.69, 9.17) is 5.84 Å². The van der Waals surface area contributed by atoms with Crippen molar-refractivity contribution in [2.24, 2.45) is 5.84 Å². The monoisotopic (exact) mass is 282 g/mol. The molecule has 2 aromatic rings. The second kappa shape index (κ2) is 7.39. The first-order valence-corrected chi connectivity index (χ1v) is 7.67. The Morgan fingerprint density at radius 2 is 1.57 bits per heavy atom. The average molecular weight is 282 g/mol. The topological polar surface area (TPSA) is 38.0 Å². The van der Waals surface area contributed by atoms with E-state index in [1.54, 1.807) is 0 Å². The normalized spacial score (nSPS) is 12.4. The van der Waals surface area contributed by atoms with Gasteiger partial charge in [0.2, 0.25) is 0 Å². The van der Waals surface area contributed by atoms with E-state index in [0.29, 0.717) is 6.04 Å². The van der Waals surface area contributed by atoms with Gasteiger partial charge in [0.05, 0.1) is 0 Å².